The molecule has 0 radical (unpaired) electrons. The number of amides is 3. The number of hydrogen-bond donors (Lipinski definition) is 4. The molecule has 8 heteroatoms. The molecule has 1 atom stereocenters. The predicted molar refractivity (Wildman–Crippen MR) is 74.7 cm³/mol. The first-order valence-electron chi connectivity index (χ1n) is 7.21. The zero-order chi connectivity index (χ0) is 15.7. The van der Waals surface area contributed by atoms with Crippen molar-refractivity contribution in [2.24, 2.45) is 0 Å². The molecule has 0 aliphatic carbocycles. The Morgan fingerprint density at radius 2 is 1.67 bits per heavy atom. The number of piperidine rings is 1. The summed E-state index contributed by atoms with van der Waals surface area (Å²) in [5, 5.41) is 22.4. The van der Waals surface area contributed by atoms with Crippen LogP contribution < -0.4 is 10.6 Å². The average Bonchev–Trinajstić information content (AvgIpc) is 2.47. The van der Waals surface area contributed by atoms with E-state index in [1.54, 1.807) is 0 Å². The Labute approximate surface area is 123 Å². The third kappa shape index (κ3) is 6.94. The lowest BCUT2D eigenvalue weighted by atomic mass is 10.1. The number of carboxylic acids is 1. The number of hydrogen-bond acceptors (Lipinski definition) is 4. The van der Waals surface area contributed by atoms with E-state index in [2.05, 4.69) is 10.6 Å². The summed E-state index contributed by atoms with van der Waals surface area (Å²) in [6.45, 7) is 1.87. The molecule has 0 aromatic rings. The van der Waals surface area contributed by atoms with E-state index in [4.69, 9.17) is 10.2 Å². The van der Waals surface area contributed by atoms with Gasteiger partial charge in [0, 0.05) is 39.0 Å². The van der Waals surface area contributed by atoms with E-state index in [1.165, 1.54) is 0 Å². The van der Waals surface area contributed by atoms with Crippen molar-refractivity contribution < 1.29 is 24.6 Å². The van der Waals surface area contributed by atoms with Gasteiger partial charge in [0.15, 0.2) is 6.10 Å². The van der Waals surface area contributed by atoms with Gasteiger partial charge in [-0.15, -0.1) is 0 Å². The molecule has 0 spiro atoms. The van der Waals surface area contributed by atoms with Gasteiger partial charge < -0.3 is 25.7 Å². The monoisotopic (exact) mass is 301 g/mol. The summed E-state index contributed by atoms with van der Waals surface area (Å²) in [5.74, 6) is -1.28. The lowest BCUT2D eigenvalue weighted by Gasteiger charge is -2.26. The Bertz CT molecular complexity index is 369. The molecule has 1 rings (SSSR count). The second-order valence-corrected chi connectivity index (χ2v) is 5.02. The van der Waals surface area contributed by atoms with Crippen molar-refractivity contribution in [1.82, 2.24) is 15.5 Å². The Kier molecular flexibility index (Phi) is 7.52. The highest BCUT2D eigenvalue weighted by atomic mass is 16.4. The van der Waals surface area contributed by atoms with Crippen LogP contribution in [0.3, 0.4) is 0 Å². The van der Waals surface area contributed by atoms with Gasteiger partial charge >= 0.3 is 12.0 Å². The number of aliphatic carboxylic acids is 1. The topological polar surface area (TPSA) is 119 Å². The van der Waals surface area contributed by atoms with Crippen LogP contribution in [-0.4, -0.2) is 65.3 Å². The zero-order valence-electron chi connectivity index (χ0n) is 12.0. The summed E-state index contributed by atoms with van der Waals surface area (Å²) in [4.78, 5) is 35.4. The molecule has 1 fully saturated rings. The molecule has 0 aromatic carbocycles. The fraction of sp³-hybridized carbons (Fsp3) is 0.769. The van der Waals surface area contributed by atoms with Gasteiger partial charge in [-0.25, -0.2) is 9.59 Å². The van der Waals surface area contributed by atoms with Crippen LogP contribution in [0, 0.1) is 0 Å². The van der Waals surface area contributed by atoms with Crippen LogP contribution in [0.2, 0.25) is 0 Å². The minimum atomic E-state index is -1.48. The normalized spacial score (nSPS) is 16.1. The fourth-order valence-electron chi connectivity index (χ4n) is 2.09. The van der Waals surface area contributed by atoms with Crippen LogP contribution in [0.15, 0.2) is 0 Å². The summed E-state index contributed by atoms with van der Waals surface area (Å²) in [6.07, 6.45) is 1.94. The van der Waals surface area contributed by atoms with Crippen LogP contribution in [0.5, 0.6) is 0 Å². The predicted octanol–water partition coefficient (Wildman–Crippen LogP) is -0.476. The Morgan fingerprint density at radius 3 is 2.29 bits per heavy atom. The molecule has 1 aliphatic rings. The van der Waals surface area contributed by atoms with Gasteiger partial charge in [-0.1, -0.05) is 0 Å². The molecule has 1 saturated heterocycles. The number of nitrogens with one attached hydrogen (secondary N) is 2. The van der Waals surface area contributed by atoms with Crippen LogP contribution >= 0.6 is 0 Å². The number of aliphatic hydroxyl groups is 1. The molecule has 0 aromatic heterocycles. The van der Waals surface area contributed by atoms with Gasteiger partial charge in [0.25, 0.3) is 0 Å². The summed E-state index contributed by atoms with van der Waals surface area (Å²) in [7, 11) is 0. The minimum Gasteiger partial charge on any atom is -0.479 e. The molecular weight excluding hydrogens is 278 g/mol. The van der Waals surface area contributed by atoms with Gasteiger partial charge in [0.1, 0.15) is 0 Å². The summed E-state index contributed by atoms with van der Waals surface area (Å²) in [5.41, 5.74) is 0. The summed E-state index contributed by atoms with van der Waals surface area (Å²) < 4.78 is 0. The second-order valence-electron chi connectivity index (χ2n) is 5.02. The van der Waals surface area contributed by atoms with Crippen molar-refractivity contribution in [3.63, 3.8) is 0 Å². The number of nitrogens with zero attached hydrogens (tertiary/aromatic N) is 1. The molecule has 120 valence electrons. The third-order valence-corrected chi connectivity index (χ3v) is 3.32. The SMILES string of the molecule is O=C(NCCC(=O)N1CCCCC1)NCCC(O)C(=O)O. The van der Waals surface area contributed by atoms with Gasteiger partial charge in [-0.3, -0.25) is 4.79 Å². The molecule has 1 aliphatic heterocycles. The number of carbonyl (C=O) groups is 3. The maximum atomic E-state index is 11.8. The molecule has 0 bridgehead atoms. The zero-order valence-corrected chi connectivity index (χ0v) is 12.0. The van der Waals surface area contributed by atoms with Crippen molar-refractivity contribution in [2.75, 3.05) is 26.2 Å². The fourth-order valence-corrected chi connectivity index (χ4v) is 2.09. The number of rotatable bonds is 7. The first-order chi connectivity index (χ1) is 10.0. The molecule has 8 nitrogen and oxygen atoms in total. The standard InChI is InChI=1S/C13H23N3O5/c17-10(12(19)20)4-6-14-13(21)15-7-5-11(18)16-8-2-1-3-9-16/h10,17H,1-9H2,(H,19,20)(H2,14,15,21). The Hall–Kier alpha value is -1.83. The number of carbonyl (C=O) groups excluding carboxylic acids is 2. The average molecular weight is 301 g/mol. The molecule has 3 amide bonds. The molecule has 1 heterocycles. The number of aliphatic hydroxyl groups excluding tert-OH is 1. The van der Waals surface area contributed by atoms with Gasteiger partial charge in [0.05, 0.1) is 0 Å². The van der Waals surface area contributed by atoms with E-state index in [0.29, 0.717) is 0 Å². The van der Waals surface area contributed by atoms with Crippen molar-refractivity contribution in [1.29, 1.82) is 0 Å². The Morgan fingerprint density at radius 1 is 1.05 bits per heavy atom. The number of carboxylic acid groups (broad SMARTS) is 1. The van der Waals surface area contributed by atoms with Gasteiger partial charge in [0.2, 0.25) is 5.91 Å². The lowest BCUT2D eigenvalue weighted by Crippen LogP contribution is -2.41. The van der Waals surface area contributed by atoms with Crippen molar-refractivity contribution in [3.05, 3.63) is 0 Å². The first-order valence-corrected chi connectivity index (χ1v) is 7.21. The molecule has 4 N–H and O–H groups in total. The van der Waals surface area contributed by atoms with Crippen LogP contribution in [0.25, 0.3) is 0 Å². The highest BCUT2D eigenvalue weighted by Gasteiger charge is 2.16. The van der Waals surface area contributed by atoms with Crippen molar-refractivity contribution in [2.45, 2.75) is 38.2 Å². The van der Waals surface area contributed by atoms with E-state index in [1.807, 2.05) is 4.90 Å². The molecule has 21 heavy (non-hydrogen) atoms. The highest BCUT2D eigenvalue weighted by Crippen LogP contribution is 2.09. The first kappa shape index (κ1) is 17.2. The summed E-state index contributed by atoms with van der Waals surface area (Å²) in [6, 6.07) is -0.473. The maximum absolute atomic E-state index is 11.8. The van der Waals surface area contributed by atoms with E-state index >= 15 is 0 Å². The smallest absolute Gasteiger partial charge is 0.332 e. The molecular formula is C13H23N3O5. The maximum Gasteiger partial charge on any atom is 0.332 e. The lowest BCUT2D eigenvalue weighted by molar-refractivity contribution is -0.146. The number of likely N-dealkylation sites (tertiary alicyclic amines) is 1. The van der Waals surface area contributed by atoms with E-state index in [9.17, 15) is 14.4 Å². The minimum absolute atomic E-state index is 0.0382. The number of urea groups is 1. The Balaban J connectivity index is 2.07. The molecule has 0 saturated carbocycles. The van der Waals surface area contributed by atoms with Crippen LogP contribution in [0.1, 0.15) is 32.1 Å². The second kappa shape index (κ2) is 9.17. The van der Waals surface area contributed by atoms with Crippen molar-refractivity contribution in [3.8, 4) is 0 Å². The van der Waals surface area contributed by atoms with Gasteiger partial charge in [-0.05, 0) is 19.3 Å². The largest absolute Gasteiger partial charge is 0.479 e. The summed E-state index contributed by atoms with van der Waals surface area (Å²) >= 11 is 0. The van der Waals surface area contributed by atoms with E-state index < -0.39 is 18.1 Å². The van der Waals surface area contributed by atoms with Crippen LogP contribution in [0.4, 0.5) is 4.79 Å². The van der Waals surface area contributed by atoms with Crippen molar-refractivity contribution >= 4 is 17.9 Å². The van der Waals surface area contributed by atoms with E-state index in [0.717, 1.165) is 32.4 Å². The van der Waals surface area contributed by atoms with E-state index in [-0.39, 0.29) is 31.8 Å². The molecule has 1 unspecified atom stereocenters. The quantitative estimate of drug-likeness (QED) is 0.506. The van der Waals surface area contributed by atoms with Gasteiger partial charge in [-0.2, -0.15) is 0 Å². The third-order valence-electron chi connectivity index (χ3n) is 3.32. The van der Waals surface area contributed by atoms with Crippen LogP contribution in [-0.2, 0) is 9.59 Å². The highest BCUT2D eigenvalue weighted by molar-refractivity contribution is 5.78.